The van der Waals surface area contributed by atoms with E-state index in [9.17, 15) is 0 Å². The Balaban J connectivity index is 1.76. The summed E-state index contributed by atoms with van der Waals surface area (Å²) >= 11 is 0. The van der Waals surface area contributed by atoms with Crippen molar-refractivity contribution in [1.82, 2.24) is 20.4 Å². The van der Waals surface area contributed by atoms with Gasteiger partial charge >= 0.3 is 0 Å². The van der Waals surface area contributed by atoms with Crippen LogP contribution in [-0.2, 0) is 13.0 Å². The second kappa shape index (κ2) is 4.94. The third-order valence-electron chi connectivity index (χ3n) is 2.58. The third kappa shape index (κ3) is 2.49. The van der Waals surface area contributed by atoms with Crippen LogP contribution in [0.5, 0.6) is 0 Å². The van der Waals surface area contributed by atoms with Gasteiger partial charge in [0.05, 0.1) is 5.69 Å². The lowest BCUT2D eigenvalue weighted by Crippen LogP contribution is -2.17. The molecule has 2 N–H and O–H groups in total. The first-order valence-corrected chi connectivity index (χ1v) is 5.38. The fourth-order valence-electron chi connectivity index (χ4n) is 1.61. The van der Waals surface area contributed by atoms with Crippen molar-refractivity contribution in [2.24, 2.45) is 0 Å². The minimum atomic E-state index is 0.794. The number of nitrogens with one attached hydrogen (secondary N) is 2. The van der Waals surface area contributed by atoms with Gasteiger partial charge in [0.25, 0.3) is 0 Å². The van der Waals surface area contributed by atoms with E-state index in [0.29, 0.717) is 0 Å². The van der Waals surface area contributed by atoms with Crippen LogP contribution in [0, 0.1) is 13.8 Å². The molecule has 86 valence electrons. The van der Waals surface area contributed by atoms with Gasteiger partial charge in [0.2, 0.25) is 0 Å². The van der Waals surface area contributed by atoms with Gasteiger partial charge in [-0.15, -0.1) is 0 Å². The highest BCUT2D eigenvalue weighted by atomic mass is 16.5. The van der Waals surface area contributed by atoms with Crippen LogP contribution in [0.4, 0.5) is 0 Å². The van der Waals surface area contributed by atoms with E-state index < -0.39 is 0 Å². The van der Waals surface area contributed by atoms with Gasteiger partial charge in [-0.3, -0.25) is 0 Å². The van der Waals surface area contributed by atoms with Crippen molar-refractivity contribution in [3.63, 3.8) is 0 Å². The van der Waals surface area contributed by atoms with Crippen LogP contribution >= 0.6 is 0 Å². The number of aromatic nitrogens is 3. The SMILES string of the molecule is Cc1noc(C)c1CNCCc1ncc[nH]1. The van der Waals surface area contributed by atoms with Crippen LogP contribution in [0.3, 0.4) is 0 Å². The molecule has 0 aliphatic heterocycles. The summed E-state index contributed by atoms with van der Waals surface area (Å²) in [4.78, 5) is 7.23. The molecule has 0 amide bonds. The first-order valence-electron chi connectivity index (χ1n) is 5.38. The standard InChI is InChI=1S/C11H16N4O/c1-8-10(9(2)16-15-8)7-12-4-3-11-13-5-6-14-11/h5-6,12H,3-4,7H2,1-2H3,(H,13,14). The van der Waals surface area contributed by atoms with Gasteiger partial charge in [-0.25, -0.2) is 4.98 Å². The minimum absolute atomic E-state index is 0.794. The molecular formula is C11H16N4O. The van der Waals surface area contributed by atoms with E-state index >= 15 is 0 Å². The summed E-state index contributed by atoms with van der Waals surface area (Å²) in [5.41, 5.74) is 2.11. The van der Waals surface area contributed by atoms with Crippen LogP contribution < -0.4 is 5.32 Å². The van der Waals surface area contributed by atoms with E-state index in [1.54, 1.807) is 6.20 Å². The third-order valence-corrected chi connectivity index (χ3v) is 2.58. The molecule has 0 saturated carbocycles. The van der Waals surface area contributed by atoms with Crippen molar-refractivity contribution in [3.05, 3.63) is 35.2 Å². The molecule has 0 aliphatic carbocycles. The Morgan fingerprint density at radius 3 is 2.94 bits per heavy atom. The van der Waals surface area contributed by atoms with Crippen LogP contribution in [0.15, 0.2) is 16.9 Å². The van der Waals surface area contributed by atoms with Crippen LogP contribution in [0.2, 0.25) is 0 Å². The first kappa shape index (κ1) is 10.9. The molecule has 0 aliphatic rings. The fraction of sp³-hybridized carbons (Fsp3) is 0.455. The summed E-state index contributed by atoms with van der Waals surface area (Å²) in [6.45, 7) is 5.57. The molecular weight excluding hydrogens is 204 g/mol. The van der Waals surface area contributed by atoms with Crippen LogP contribution in [0.25, 0.3) is 0 Å². The second-order valence-electron chi connectivity index (χ2n) is 3.77. The molecule has 0 bridgehead atoms. The van der Waals surface area contributed by atoms with Gasteiger partial charge in [0.15, 0.2) is 0 Å². The number of nitrogens with zero attached hydrogens (tertiary/aromatic N) is 2. The molecule has 0 spiro atoms. The van der Waals surface area contributed by atoms with E-state index in [2.05, 4.69) is 20.4 Å². The zero-order chi connectivity index (χ0) is 11.4. The van der Waals surface area contributed by atoms with E-state index in [1.165, 1.54) is 0 Å². The Labute approximate surface area is 94.3 Å². The quantitative estimate of drug-likeness (QED) is 0.746. The lowest BCUT2D eigenvalue weighted by atomic mass is 10.2. The summed E-state index contributed by atoms with van der Waals surface area (Å²) < 4.78 is 5.09. The monoisotopic (exact) mass is 220 g/mol. The number of H-pyrrole nitrogens is 1. The van der Waals surface area contributed by atoms with Crippen LogP contribution in [-0.4, -0.2) is 21.7 Å². The maximum absolute atomic E-state index is 5.09. The molecule has 0 aromatic carbocycles. The smallest absolute Gasteiger partial charge is 0.138 e. The van der Waals surface area contributed by atoms with Gasteiger partial charge in [-0.05, 0) is 13.8 Å². The molecule has 5 heteroatoms. The zero-order valence-electron chi connectivity index (χ0n) is 9.58. The Bertz CT molecular complexity index is 413. The highest BCUT2D eigenvalue weighted by Gasteiger charge is 2.07. The van der Waals surface area contributed by atoms with Crippen LogP contribution in [0.1, 0.15) is 22.8 Å². The Hall–Kier alpha value is -1.62. The molecule has 16 heavy (non-hydrogen) atoms. The van der Waals surface area contributed by atoms with Gasteiger partial charge in [-0.2, -0.15) is 0 Å². The number of imidazole rings is 1. The molecule has 2 rings (SSSR count). The Morgan fingerprint density at radius 1 is 1.44 bits per heavy atom. The van der Waals surface area contributed by atoms with Crippen molar-refractivity contribution in [3.8, 4) is 0 Å². The Kier molecular flexibility index (Phi) is 3.36. The van der Waals surface area contributed by atoms with Crippen molar-refractivity contribution < 1.29 is 4.52 Å². The summed E-state index contributed by atoms with van der Waals surface area (Å²) in [6, 6.07) is 0. The minimum Gasteiger partial charge on any atom is -0.361 e. The van der Waals surface area contributed by atoms with Gasteiger partial charge in [0, 0.05) is 37.5 Å². The van der Waals surface area contributed by atoms with E-state index in [1.807, 2.05) is 20.0 Å². The van der Waals surface area contributed by atoms with E-state index in [0.717, 1.165) is 42.4 Å². The zero-order valence-corrected chi connectivity index (χ0v) is 9.58. The van der Waals surface area contributed by atoms with E-state index in [4.69, 9.17) is 4.52 Å². The molecule has 2 aromatic heterocycles. The summed E-state index contributed by atoms with van der Waals surface area (Å²) in [6.07, 6.45) is 4.50. The molecule has 2 aromatic rings. The van der Waals surface area contributed by atoms with Crippen molar-refractivity contribution in [1.29, 1.82) is 0 Å². The normalized spacial score (nSPS) is 10.9. The summed E-state index contributed by atoms with van der Waals surface area (Å²) in [5.74, 6) is 1.90. The van der Waals surface area contributed by atoms with E-state index in [-0.39, 0.29) is 0 Å². The topological polar surface area (TPSA) is 66.7 Å². The molecule has 5 nitrogen and oxygen atoms in total. The first-order chi connectivity index (χ1) is 7.77. The predicted molar refractivity (Wildman–Crippen MR) is 60.0 cm³/mol. The molecule has 0 radical (unpaired) electrons. The molecule has 0 unspecified atom stereocenters. The largest absolute Gasteiger partial charge is 0.361 e. The lowest BCUT2D eigenvalue weighted by molar-refractivity contribution is 0.392. The molecule has 2 heterocycles. The number of hydrogen-bond donors (Lipinski definition) is 2. The fourth-order valence-corrected chi connectivity index (χ4v) is 1.61. The van der Waals surface area contributed by atoms with Crippen molar-refractivity contribution >= 4 is 0 Å². The van der Waals surface area contributed by atoms with Crippen molar-refractivity contribution in [2.75, 3.05) is 6.54 Å². The highest BCUT2D eigenvalue weighted by Crippen LogP contribution is 2.11. The average molecular weight is 220 g/mol. The maximum Gasteiger partial charge on any atom is 0.138 e. The van der Waals surface area contributed by atoms with Crippen molar-refractivity contribution in [2.45, 2.75) is 26.8 Å². The molecule has 0 saturated heterocycles. The summed E-state index contributed by atoms with van der Waals surface area (Å²) in [7, 11) is 0. The number of hydrogen-bond acceptors (Lipinski definition) is 4. The number of aryl methyl sites for hydroxylation is 2. The maximum atomic E-state index is 5.09. The van der Waals surface area contributed by atoms with Gasteiger partial charge in [-0.1, -0.05) is 5.16 Å². The van der Waals surface area contributed by atoms with Gasteiger partial charge < -0.3 is 14.8 Å². The Morgan fingerprint density at radius 2 is 2.31 bits per heavy atom. The average Bonchev–Trinajstić information content (AvgIpc) is 2.87. The molecule has 0 atom stereocenters. The lowest BCUT2D eigenvalue weighted by Gasteiger charge is -2.02. The second-order valence-corrected chi connectivity index (χ2v) is 3.77. The highest BCUT2D eigenvalue weighted by molar-refractivity contribution is 5.20. The molecule has 0 fully saturated rings. The summed E-state index contributed by atoms with van der Waals surface area (Å²) in [5, 5.41) is 7.26. The number of aromatic amines is 1. The number of rotatable bonds is 5. The van der Waals surface area contributed by atoms with Gasteiger partial charge in [0.1, 0.15) is 11.6 Å². The predicted octanol–water partition coefficient (Wildman–Crippen LogP) is 1.35.